The predicted molar refractivity (Wildman–Crippen MR) is 139 cm³/mol. The summed E-state index contributed by atoms with van der Waals surface area (Å²) in [7, 11) is -12.2. The average molecular weight is 745 g/mol. The zero-order valence-electron chi connectivity index (χ0n) is 25.5. The molecule has 0 aliphatic carbocycles. The number of carbonyl (C=O) groups excluding carboxylic acids is 2. The van der Waals surface area contributed by atoms with E-state index in [-0.39, 0.29) is 42.8 Å². The molecule has 10 nitrogen and oxygen atoms in total. The summed E-state index contributed by atoms with van der Waals surface area (Å²) in [6.45, 7) is 4.50. The molecule has 1 atom stereocenters. The molecular weight excluding hydrogens is 706 g/mol. The fraction of sp³-hybridized carbons (Fsp3) is 0.917. The topological polar surface area (TPSA) is 164 Å². The summed E-state index contributed by atoms with van der Waals surface area (Å²) >= 11 is 0. The maximum Gasteiger partial charge on any atom is 1.00 e. The van der Waals surface area contributed by atoms with E-state index in [2.05, 4.69) is 13.8 Å². The molecule has 270 valence electrons. The fourth-order valence-electron chi connectivity index (χ4n) is 3.25. The summed E-state index contributed by atoms with van der Waals surface area (Å²) in [5, 5.41) is -9.04. The SMILES string of the molecule is CCCCCCCCOC(=O)CC(C(=O)OCCCCCCCC)S(=O)(=O)O.O=S(=O)([O-])C(F)(F)C(F)(F)C(F)(F)C(F)(F)F.[Na+]. The predicted octanol–water partition coefficient (Wildman–Crippen LogP) is 3.40. The van der Waals surface area contributed by atoms with Gasteiger partial charge in [0.05, 0.1) is 19.6 Å². The third kappa shape index (κ3) is 17.0. The van der Waals surface area contributed by atoms with Crippen molar-refractivity contribution in [2.45, 2.75) is 126 Å². The van der Waals surface area contributed by atoms with Crippen LogP contribution >= 0.6 is 0 Å². The normalized spacial score (nSPS) is 13.6. The molecule has 0 aromatic heterocycles. The Kier molecular flexibility index (Phi) is 23.6. The first kappa shape index (κ1) is 49.5. The summed E-state index contributed by atoms with van der Waals surface area (Å²) in [6.07, 6.45) is 4.19. The van der Waals surface area contributed by atoms with E-state index in [0.717, 1.165) is 57.8 Å². The minimum atomic E-state index is -7.43. The van der Waals surface area contributed by atoms with Crippen LogP contribution in [0.5, 0.6) is 0 Å². The number of alkyl halides is 9. The maximum atomic E-state index is 12.2. The molecule has 0 fully saturated rings. The van der Waals surface area contributed by atoms with E-state index in [1.54, 1.807) is 0 Å². The van der Waals surface area contributed by atoms with Gasteiger partial charge in [-0.3, -0.25) is 14.1 Å². The molecule has 0 spiro atoms. The number of carbonyl (C=O) groups is 2. The zero-order valence-corrected chi connectivity index (χ0v) is 29.2. The van der Waals surface area contributed by atoms with E-state index < -0.39 is 67.1 Å². The van der Waals surface area contributed by atoms with Crippen LogP contribution in [0.3, 0.4) is 0 Å². The number of hydrogen-bond acceptors (Lipinski definition) is 9. The molecule has 1 N–H and O–H groups in total. The second-order valence-corrected chi connectivity index (χ2v) is 12.8. The molecule has 0 aliphatic rings. The quantitative estimate of drug-likeness (QED) is 0.0606. The summed E-state index contributed by atoms with van der Waals surface area (Å²) < 4.78 is 177. The van der Waals surface area contributed by atoms with Crippen LogP contribution in [0.25, 0.3) is 0 Å². The molecule has 0 aromatic carbocycles. The van der Waals surface area contributed by atoms with Crippen LogP contribution in [0, 0.1) is 0 Å². The van der Waals surface area contributed by atoms with Gasteiger partial charge in [-0.15, -0.1) is 0 Å². The van der Waals surface area contributed by atoms with Gasteiger partial charge in [0.1, 0.15) is 0 Å². The van der Waals surface area contributed by atoms with Crippen LogP contribution < -0.4 is 29.6 Å². The number of halogens is 9. The third-order valence-electron chi connectivity index (χ3n) is 5.91. The van der Waals surface area contributed by atoms with E-state index in [1.807, 2.05) is 0 Å². The van der Waals surface area contributed by atoms with Crippen molar-refractivity contribution in [2.24, 2.45) is 0 Å². The second-order valence-electron chi connectivity index (χ2n) is 9.75. The largest absolute Gasteiger partial charge is 1.00 e. The van der Waals surface area contributed by atoms with Crippen molar-refractivity contribution in [3.05, 3.63) is 0 Å². The molecule has 0 aromatic rings. The monoisotopic (exact) mass is 744 g/mol. The van der Waals surface area contributed by atoms with E-state index in [0.29, 0.717) is 12.8 Å². The van der Waals surface area contributed by atoms with Crippen molar-refractivity contribution < 1.29 is 114 Å². The van der Waals surface area contributed by atoms with Gasteiger partial charge in [-0.05, 0) is 12.8 Å². The first-order chi connectivity index (χ1) is 20.3. The number of esters is 2. The van der Waals surface area contributed by atoms with Crippen molar-refractivity contribution in [3.8, 4) is 0 Å². The summed E-state index contributed by atoms with van der Waals surface area (Å²) in [5.74, 6) is -16.7. The molecule has 0 saturated heterocycles. The number of unbranched alkanes of at least 4 members (excludes halogenated alkanes) is 10. The molecule has 0 radical (unpaired) electrons. The molecule has 0 bridgehead atoms. The Morgan fingerprint density at radius 2 is 1.04 bits per heavy atom. The molecule has 0 aliphatic heterocycles. The summed E-state index contributed by atoms with van der Waals surface area (Å²) in [6, 6.07) is 0. The van der Waals surface area contributed by atoms with Gasteiger partial charge in [-0.1, -0.05) is 78.1 Å². The third-order valence-corrected chi connectivity index (χ3v) is 7.87. The van der Waals surface area contributed by atoms with Gasteiger partial charge in [0.25, 0.3) is 10.1 Å². The standard InChI is InChI=1S/C20H38O7S.C4HF9O3S.Na/c1-3-5-7-9-11-13-15-26-19(21)17-18(28(23,24)25)20(22)27-16-14-12-10-8-6-4-2;5-1(6,3(9,10)11)2(7,8)4(12,13)17(14,15)16;/h18H,3-17H2,1-2H3,(H,23,24,25);(H,14,15,16);/q;;+1/p-1. The molecule has 0 rings (SSSR count). The van der Waals surface area contributed by atoms with Gasteiger partial charge < -0.3 is 14.0 Å². The minimum Gasteiger partial charge on any atom is -0.743 e. The summed E-state index contributed by atoms with van der Waals surface area (Å²) in [5.41, 5.74) is 0. The Labute approximate surface area is 284 Å². The first-order valence-corrected chi connectivity index (χ1v) is 16.7. The molecular formula is C24H38F9NaO10S2. The zero-order chi connectivity index (χ0) is 35.8. The molecule has 1 unspecified atom stereocenters. The smallest absolute Gasteiger partial charge is 0.743 e. The number of hydrogen-bond donors (Lipinski definition) is 1. The average Bonchev–Trinajstić information content (AvgIpc) is 2.88. The van der Waals surface area contributed by atoms with Crippen molar-refractivity contribution in [3.63, 3.8) is 0 Å². The molecule has 0 saturated carbocycles. The van der Waals surface area contributed by atoms with Gasteiger partial charge in [0, 0.05) is 0 Å². The van der Waals surface area contributed by atoms with Gasteiger partial charge in [-0.2, -0.15) is 47.9 Å². The molecule has 0 heterocycles. The molecule has 22 heteroatoms. The molecule has 0 amide bonds. The van der Waals surface area contributed by atoms with Crippen molar-refractivity contribution >= 4 is 32.2 Å². The van der Waals surface area contributed by atoms with Crippen LogP contribution in [0.1, 0.15) is 97.3 Å². The maximum absolute atomic E-state index is 12.2. The Hall–Kier alpha value is -0.870. The Bertz CT molecular complexity index is 1100. The van der Waals surface area contributed by atoms with Crippen molar-refractivity contribution in [1.29, 1.82) is 0 Å². The Balaban J connectivity index is -0.000000882. The second kappa shape index (κ2) is 22.0. The summed E-state index contributed by atoms with van der Waals surface area (Å²) in [4.78, 5) is 23.8. The van der Waals surface area contributed by atoms with Gasteiger partial charge >= 0.3 is 64.8 Å². The Morgan fingerprint density at radius 1 is 0.674 bits per heavy atom. The van der Waals surface area contributed by atoms with Gasteiger partial charge in [0.15, 0.2) is 15.4 Å². The van der Waals surface area contributed by atoms with Crippen molar-refractivity contribution in [1.82, 2.24) is 0 Å². The van der Waals surface area contributed by atoms with Crippen LogP contribution in [0.4, 0.5) is 39.5 Å². The molecule has 46 heavy (non-hydrogen) atoms. The van der Waals surface area contributed by atoms with E-state index in [9.17, 15) is 75.0 Å². The van der Waals surface area contributed by atoms with Crippen LogP contribution in [-0.2, 0) is 39.3 Å². The van der Waals surface area contributed by atoms with E-state index >= 15 is 0 Å². The van der Waals surface area contributed by atoms with E-state index in [4.69, 9.17) is 9.47 Å². The van der Waals surface area contributed by atoms with Crippen LogP contribution in [0.2, 0.25) is 0 Å². The first-order valence-electron chi connectivity index (χ1n) is 13.8. The van der Waals surface area contributed by atoms with Crippen LogP contribution in [-0.4, -0.2) is 79.6 Å². The van der Waals surface area contributed by atoms with E-state index in [1.165, 1.54) is 6.42 Å². The number of ether oxygens (including phenoxy) is 2. The number of rotatable bonds is 21. The van der Waals surface area contributed by atoms with Crippen LogP contribution in [0.15, 0.2) is 0 Å². The van der Waals surface area contributed by atoms with Crippen molar-refractivity contribution in [2.75, 3.05) is 13.2 Å². The van der Waals surface area contributed by atoms with Gasteiger partial charge in [-0.25, -0.2) is 8.42 Å². The van der Waals surface area contributed by atoms with Gasteiger partial charge in [0.2, 0.25) is 0 Å². The Morgan fingerprint density at radius 3 is 1.39 bits per heavy atom. The minimum absolute atomic E-state index is 0. The fourth-order valence-corrected chi connectivity index (χ4v) is 4.35.